The molecule has 0 saturated heterocycles. The van der Waals surface area contributed by atoms with Gasteiger partial charge in [-0.1, -0.05) is 30.3 Å². The first-order valence-corrected chi connectivity index (χ1v) is 9.22. The van der Waals surface area contributed by atoms with Crippen molar-refractivity contribution in [3.05, 3.63) is 53.9 Å². The number of benzene rings is 1. The fraction of sp³-hybridized carbons (Fsp3) is 0.350. The lowest BCUT2D eigenvalue weighted by Crippen LogP contribution is -2.35. The second-order valence-electron chi connectivity index (χ2n) is 6.96. The summed E-state index contributed by atoms with van der Waals surface area (Å²) in [6.07, 6.45) is 3.56. The van der Waals surface area contributed by atoms with Crippen LogP contribution in [0.25, 0.3) is 11.3 Å². The smallest absolute Gasteiger partial charge is 0.239 e. The average Bonchev–Trinajstić information content (AvgIpc) is 3.14. The van der Waals surface area contributed by atoms with Crippen LogP contribution in [0.1, 0.15) is 11.3 Å². The topological polar surface area (TPSA) is 68.0 Å². The molecule has 0 fully saturated rings. The van der Waals surface area contributed by atoms with Crippen molar-refractivity contribution in [1.82, 2.24) is 24.5 Å². The first-order valence-electron chi connectivity index (χ1n) is 9.22. The first-order chi connectivity index (χ1) is 13.1. The number of aromatic nitrogens is 4. The first kappa shape index (κ1) is 17.5. The summed E-state index contributed by atoms with van der Waals surface area (Å²) in [5.41, 5.74) is 4.82. The molecule has 1 N–H and O–H groups in total. The zero-order chi connectivity index (χ0) is 18.8. The minimum absolute atomic E-state index is 0.0305. The number of hydrogen-bond acceptors (Lipinski definition) is 4. The highest BCUT2D eigenvalue weighted by Crippen LogP contribution is 2.28. The van der Waals surface area contributed by atoms with E-state index in [4.69, 9.17) is 5.10 Å². The second-order valence-corrected chi connectivity index (χ2v) is 6.96. The van der Waals surface area contributed by atoms with E-state index < -0.39 is 0 Å². The molecule has 0 atom stereocenters. The Balaban J connectivity index is 1.44. The predicted octanol–water partition coefficient (Wildman–Crippen LogP) is 1.86. The van der Waals surface area contributed by atoms with Gasteiger partial charge in [-0.3, -0.25) is 19.1 Å². The summed E-state index contributed by atoms with van der Waals surface area (Å²) in [5, 5.41) is 11.8. The molecule has 0 radical (unpaired) electrons. The number of fused-ring (bicyclic) bond motifs is 1. The highest BCUT2D eigenvalue weighted by molar-refractivity contribution is 5.91. The van der Waals surface area contributed by atoms with Gasteiger partial charge in [0.1, 0.15) is 0 Å². The molecule has 0 spiro atoms. The van der Waals surface area contributed by atoms with Crippen LogP contribution >= 0.6 is 0 Å². The van der Waals surface area contributed by atoms with Gasteiger partial charge in [-0.05, 0) is 6.42 Å². The van der Waals surface area contributed by atoms with Gasteiger partial charge in [0.05, 0.1) is 17.9 Å². The third-order valence-corrected chi connectivity index (χ3v) is 4.97. The van der Waals surface area contributed by atoms with Crippen LogP contribution in [-0.2, 0) is 31.7 Å². The van der Waals surface area contributed by atoms with Crippen molar-refractivity contribution in [2.45, 2.75) is 12.8 Å². The average molecular weight is 364 g/mol. The predicted molar refractivity (Wildman–Crippen MR) is 104 cm³/mol. The van der Waals surface area contributed by atoms with E-state index in [0.29, 0.717) is 12.4 Å². The van der Waals surface area contributed by atoms with E-state index in [1.807, 2.05) is 31.0 Å². The monoisotopic (exact) mass is 364 g/mol. The number of hydrogen-bond donors (Lipinski definition) is 1. The second kappa shape index (κ2) is 7.36. The van der Waals surface area contributed by atoms with E-state index in [-0.39, 0.29) is 5.91 Å². The highest BCUT2D eigenvalue weighted by Gasteiger charge is 2.23. The Kier molecular flexibility index (Phi) is 4.77. The minimum atomic E-state index is -0.0305. The number of anilines is 1. The molecule has 1 aromatic carbocycles. The van der Waals surface area contributed by atoms with Crippen molar-refractivity contribution in [1.29, 1.82) is 0 Å². The SMILES string of the molecule is Cn1ccc(NC(=O)CN2CCc3nn(C)c(-c4ccccc4)c3CC2)n1. The van der Waals surface area contributed by atoms with Gasteiger partial charge in [0.15, 0.2) is 5.82 Å². The summed E-state index contributed by atoms with van der Waals surface area (Å²) in [6.45, 7) is 2.04. The molecule has 4 rings (SSSR count). The number of rotatable bonds is 4. The molecule has 0 unspecified atom stereocenters. The van der Waals surface area contributed by atoms with Gasteiger partial charge < -0.3 is 5.32 Å². The van der Waals surface area contributed by atoms with Crippen molar-refractivity contribution in [2.24, 2.45) is 14.1 Å². The lowest BCUT2D eigenvalue weighted by atomic mass is 10.0. The molecule has 2 aromatic heterocycles. The Morgan fingerprint density at radius 3 is 2.59 bits per heavy atom. The van der Waals surface area contributed by atoms with E-state index in [2.05, 4.69) is 39.6 Å². The summed E-state index contributed by atoms with van der Waals surface area (Å²) in [6, 6.07) is 12.2. The molecule has 7 nitrogen and oxygen atoms in total. The summed E-state index contributed by atoms with van der Waals surface area (Å²) in [5.74, 6) is 0.561. The third-order valence-electron chi connectivity index (χ3n) is 4.97. The van der Waals surface area contributed by atoms with Crippen molar-refractivity contribution < 1.29 is 4.79 Å². The van der Waals surface area contributed by atoms with Gasteiger partial charge in [-0.2, -0.15) is 10.2 Å². The normalized spacial score (nSPS) is 14.6. The van der Waals surface area contributed by atoms with Crippen molar-refractivity contribution in [3.8, 4) is 11.3 Å². The van der Waals surface area contributed by atoms with Crippen LogP contribution in [-0.4, -0.2) is 50.0 Å². The molecule has 7 heteroatoms. The summed E-state index contributed by atoms with van der Waals surface area (Å²) < 4.78 is 3.67. The maximum atomic E-state index is 12.3. The van der Waals surface area contributed by atoms with Crippen LogP contribution in [0.15, 0.2) is 42.6 Å². The molecule has 0 aliphatic carbocycles. The van der Waals surface area contributed by atoms with Crippen LogP contribution < -0.4 is 5.32 Å². The van der Waals surface area contributed by atoms with Crippen molar-refractivity contribution in [3.63, 3.8) is 0 Å². The van der Waals surface area contributed by atoms with Crippen molar-refractivity contribution >= 4 is 11.7 Å². The van der Waals surface area contributed by atoms with E-state index in [1.165, 1.54) is 16.8 Å². The molecular formula is C20H24N6O. The van der Waals surface area contributed by atoms with Gasteiger partial charge in [0.2, 0.25) is 5.91 Å². The molecule has 3 aromatic rings. The molecular weight excluding hydrogens is 340 g/mol. The summed E-state index contributed by atoms with van der Waals surface area (Å²) >= 11 is 0. The Hall–Kier alpha value is -2.93. The number of aryl methyl sites for hydroxylation is 2. The Morgan fingerprint density at radius 1 is 1.07 bits per heavy atom. The third kappa shape index (κ3) is 3.78. The van der Waals surface area contributed by atoms with E-state index >= 15 is 0 Å². The van der Waals surface area contributed by atoms with E-state index in [9.17, 15) is 4.79 Å². The number of carbonyl (C=O) groups excluding carboxylic acids is 1. The van der Waals surface area contributed by atoms with Gasteiger partial charge in [-0.15, -0.1) is 0 Å². The molecule has 3 heterocycles. The molecule has 1 amide bonds. The number of nitrogens with zero attached hydrogens (tertiary/aromatic N) is 5. The quantitative estimate of drug-likeness (QED) is 0.767. The van der Waals surface area contributed by atoms with Gasteiger partial charge >= 0.3 is 0 Å². The van der Waals surface area contributed by atoms with E-state index in [0.717, 1.165) is 31.6 Å². The molecule has 0 bridgehead atoms. The summed E-state index contributed by atoms with van der Waals surface area (Å²) in [4.78, 5) is 14.5. The fourth-order valence-corrected chi connectivity index (χ4v) is 3.72. The maximum Gasteiger partial charge on any atom is 0.239 e. The van der Waals surface area contributed by atoms with Crippen LogP contribution in [0, 0.1) is 0 Å². The van der Waals surface area contributed by atoms with Crippen molar-refractivity contribution in [2.75, 3.05) is 25.0 Å². The molecule has 1 aliphatic rings. The zero-order valence-corrected chi connectivity index (χ0v) is 15.7. The molecule has 140 valence electrons. The highest BCUT2D eigenvalue weighted by atomic mass is 16.2. The Bertz CT molecular complexity index is 943. The fourth-order valence-electron chi connectivity index (χ4n) is 3.72. The van der Waals surface area contributed by atoms with Gasteiger partial charge in [-0.25, -0.2) is 0 Å². The summed E-state index contributed by atoms with van der Waals surface area (Å²) in [7, 11) is 3.84. The van der Waals surface area contributed by atoms with E-state index in [1.54, 1.807) is 10.7 Å². The molecule has 0 saturated carbocycles. The maximum absolute atomic E-state index is 12.3. The lowest BCUT2D eigenvalue weighted by molar-refractivity contribution is -0.117. The number of amides is 1. The van der Waals surface area contributed by atoms with Crippen LogP contribution in [0.5, 0.6) is 0 Å². The largest absolute Gasteiger partial charge is 0.308 e. The number of nitrogens with one attached hydrogen (secondary N) is 1. The molecule has 1 aliphatic heterocycles. The Labute approximate surface area is 158 Å². The zero-order valence-electron chi connectivity index (χ0n) is 15.7. The van der Waals surface area contributed by atoms with Crippen LogP contribution in [0.4, 0.5) is 5.82 Å². The Morgan fingerprint density at radius 2 is 1.85 bits per heavy atom. The van der Waals surface area contributed by atoms with Gasteiger partial charge in [0, 0.05) is 57.0 Å². The van der Waals surface area contributed by atoms with Crippen LogP contribution in [0.2, 0.25) is 0 Å². The molecule has 27 heavy (non-hydrogen) atoms. The van der Waals surface area contributed by atoms with Crippen LogP contribution in [0.3, 0.4) is 0 Å². The number of carbonyl (C=O) groups is 1. The standard InChI is InChI=1S/C20H24N6O/c1-24-11-10-18(23-24)21-19(27)14-26-12-8-16-17(9-13-26)22-25(2)20(16)15-6-4-3-5-7-15/h3-7,10-11H,8-9,12-14H2,1-2H3,(H,21,23,27). The lowest BCUT2D eigenvalue weighted by Gasteiger charge is -2.19. The minimum Gasteiger partial charge on any atom is -0.308 e. The van der Waals surface area contributed by atoms with Gasteiger partial charge in [0.25, 0.3) is 0 Å².